The zero-order chi connectivity index (χ0) is 15.4. The first kappa shape index (κ1) is 15.2. The Labute approximate surface area is 130 Å². The minimum atomic E-state index is 0.0318. The average Bonchev–Trinajstić information content (AvgIpc) is 2.49. The van der Waals surface area contributed by atoms with E-state index < -0.39 is 0 Å². The number of anilines is 1. The molecule has 0 atom stereocenters. The molecule has 3 nitrogen and oxygen atoms in total. The normalized spacial score (nSPS) is 10.2. The predicted molar refractivity (Wildman–Crippen MR) is 90.6 cm³/mol. The number of hydrogen-bond donors (Lipinski definition) is 1. The highest BCUT2D eigenvalue weighted by molar-refractivity contribution is 7.80. The Kier molecular flexibility index (Phi) is 4.70. The van der Waals surface area contributed by atoms with Crippen LogP contribution in [0.2, 0.25) is 0 Å². The van der Waals surface area contributed by atoms with Gasteiger partial charge in [0.05, 0.1) is 6.42 Å². The first-order valence-corrected chi connectivity index (χ1v) is 7.11. The van der Waals surface area contributed by atoms with E-state index in [4.69, 9.17) is 18.0 Å². The second-order valence-electron chi connectivity index (χ2n) is 4.97. The van der Waals surface area contributed by atoms with Crippen LogP contribution in [0.15, 0.2) is 48.5 Å². The van der Waals surface area contributed by atoms with Crippen molar-refractivity contribution in [2.45, 2.75) is 13.3 Å². The highest BCUT2D eigenvalue weighted by atomic mass is 32.1. The van der Waals surface area contributed by atoms with Crippen molar-refractivity contribution in [2.75, 3.05) is 11.9 Å². The number of likely N-dealkylation sites (N-methyl/N-ethyl adjacent to an activating group) is 1. The Bertz CT molecular complexity index is 682. The maximum Gasteiger partial charge on any atom is 0.231 e. The largest absolute Gasteiger partial charge is 0.389 e. The van der Waals surface area contributed by atoms with Crippen molar-refractivity contribution in [1.82, 2.24) is 0 Å². The minimum Gasteiger partial charge on any atom is -0.389 e. The SMILES string of the molecule is Cc1ccccc1CC(=O)N(C)c1cccc(C(N)=S)c1. The van der Waals surface area contributed by atoms with Crippen molar-refractivity contribution >= 4 is 28.8 Å². The van der Waals surface area contributed by atoms with E-state index in [9.17, 15) is 4.79 Å². The first-order chi connectivity index (χ1) is 9.99. The molecule has 0 saturated heterocycles. The molecule has 0 unspecified atom stereocenters. The summed E-state index contributed by atoms with van der Waals surface area (Å²) in [5.74, 6) is 0.0318. The highest BCUT2D eigenvalue weighted by Gasteiger charge is 2.13. The number of hydrogen-bond acceptors (Lipinski definition) is 2. The van der Waals surface area contributed by atoms with E-state index in [-0.39, 0.29) is 5.91 Å². The van der Waals surface area contributed by atoms with Crippen LogP contribution in [-0.2, 0) is 11.2 Å². The molecule has 1 amide bonds. The van der Waals surface area contributed by atoms with Crippen molar-refractivity contribution in [1.29, 1.82) is 0 Å². The molecule has 0 bridgehead atoms. The van der Waals surface area contributed by atoms with Gasteiger partial charge in [-0.15, -0.1) is 0 Å². The van der Waals surface area contributed by atoms with Crippen LogP contribution in [0.3, 0.4) is 0 Å². The van der Waals surface area contributed by atoms with Gasteiger partial charge in [-0.1, -0.05) is 48.6 Å². The van der Waals surface area contributed by atoms with Gasteiger partial charge in [0.1, 0.15) is 4.99 Å². The predicted octanol–water partition coefficient (Wildman–Crippen LogP) is 2.83. The summed E-state index contributed by atoms with van der Waals surface area (Å²) in [6.07, 6.45) is 0.375. The van der Waals surface area contributed by atoms with Crippen molar-refractivity contribution in [3.05, 3.63) is 65.2 Å². The van der Waals surface area contributed by atoms with Gasteiger partial charge in [0.25, 0.3) is 0 Å². The van der Waals surface area contributed by atoms with Gasteiger partial charge in [0.2, 0.25) is 5.91 Å². The fourth-order valence-electron chi connectivity index (χ4n) is 2.10. The quantitative estimate of drug-likeness (QED) is 0.883. The number of nitrogens with two attached hydrogens (primary N) is 1. The summed E-state index contributed by atoms with van der Waals surface area (Å²) < 4.78 is 0. The lowest BCUT2D eigenvalue weighted by Gasteiger charge is -2.18. The Morgan fingerprint density at radius 1 is 1.19 bits per heavy atom. The van der Waals surface area contributed by atoms with Gasteiger partial charge < -0.3 is 10.6 Å². The smallest absolute Gasteiger partial charge is 0.231 e. The number of benzene rings is 2. The summed E-state index contributed by atoms with van der Waals surface area (Å²) in [5, 5.41) is 0. The third-order valence-corrected chi connectivity index (χ3v) is 3.73. The lowest BCUT2D eigenvalue weighted by molar-refractivity contribution is -0.117. The van der Waals surface area contributed by atoms with Crippen LogP contribution in [0.4, 0.5) is 5.69 Å². The Morgan fingerprint density at radius 2 is 1.90 bits per heavy atom. The molecule has 0 fully saturated rings. The summed E-state index contributed by atoms with van der Waals surface area (Å²) in [6, 6.07) is 15.3. The summed E-state index contributed by atoms with van der Waals surface area (Å²) >= 11 is 4.97. The molecule has 2 aromatic rings. The Morgan fingerprint density at radius 3 is 2.57 bits per heavy atom. The van der Waals surface area contributed by atoms with Crippen LogP contribution < -0.4 is 10.6 Å². The van der Waals surface area contributed by atoms with E-state index in [2.05, 4.69) is 0 Å². The number of nitrogens with zero attached hydrogens (tertiary/aromatic N) is 1. The zero-order valence-electron chi connectivity index (χ0n) is 12.2. The highest BCUT2D eigenvalue weighted by Crippen LogP contribution is 2.17. The monoisotopic (exact) mass is 298 g/mol. The second-order valence-corrected chi connectivity index (χ2v) is 5.41. The lowest BCUT2D eigenvalue weighted by atomic mass is 10.1. The molecule has 2 rings (SSSR count). The molecule has 0 heterocycles. The van der Waals surface area contributed by atoms with Gasteiger partial charge in [-0.05, 0) is 30.2 Å². The topological polar surface area (TPSA) is 46.3 Å². The number of amides is 1. The molecule has 0 spiro atoms. The maximum atomic E-state index is 12.4. The van der Waals surface area contributed by atoms with Crippen molar-refractivity contribution in [3.63, 3.8) is 0 Å². The first-order valence-electron chi connectivity index (χ1n) is 6.70. The van der Waals surface area contributed by atoms with Crippen molar-refractivity contribution < 1.29 is 4.79 Å². The van der Waals surface area contributed by atoms with E-state index in [1.54, 1.807) is 11.9 Å². The van der Waals surface area contributed by atoms with E-state index in [0.29, 0.717) is 11.4 Å². The molecule has 0 aliphatic heterocycles. The molecule has 21 heavy (non-hydrogen) atoms. The van der Waals surface area contributed by atoms with Crippen LogP contribution in [-0.4, -0.2) is 17.9 Å². The van der Waals surface area contributed by atoms with Gasteiger partial charge in [0, 0.05) is 18.3 Å². The average molecular weight is 298 g/mol. The Balaban J connectivity index is 2.18. The number of thiocarbonyl (C=S) groups is 1. The van der Waals surface area contributed by atoms with Crippen molar-refractivity contribution in [3.8, 4) is 0 Å². The number of aryl methyl sites for hydroxylation is 1. The van der Waals surface area contributed by atoms with Gasteiger partial charge in [0.15, 0.2) is 0 Å². The summed E-state index contributed by atoms with van der Waals surface area (Å²) in [6.45, 7) is 2.01. The van der Waals surface area contributed by atoms with E-state index in [0.717, 1.165) is 22.4 Å². The molecular formula is C17H18N2OS. The Hall–Kier alpha value is -2.20. The summed E-state index contributed by atoms with van der Waals surface area (Å²) in [4.78, 5) is 14.4. The lowest BCUT2D eigenvalue weighted by Crippen LogP contribution is -2.28. The molecule has 0 aromatic heterocycles. The van der Waals surface area contributed by atoms with Crippen LogP contribution in [0, 0.1) is 6.92 Å². The van der Waals surface area contributed by atoms with Crippen LogP contribution in [0.5, 0.6) is 0 Å². The van der Waals surface area contributed by atoms with Gasteiger partial charge in [-0.25, -0.2) is 0 Å². The molecule has 0 radical (unpaired) electrons. The molecule has 2 aromatic carbocycles. The maximum absolute atomic E-state index is 12.4. The molecule has 4 heteroatoms. The summed E-state index contributed by atoms with van der Waals surface area (Å²) in [7, 11) is 1.76. The molecule has 0 aliphatic carbocycles. The fraction of sp³-hybridized carbons (Fsp3) is 0.176. The molecule has 2 N–H and O–H groups in total. The fourth-order valence-corrected chi connectivity index (χ4v) is 2.23. The number of rotatable bonds is 4. The third kappa shape index (κ3) is 3.67. The zero-order valence-corrected chi connectivity index (χ0v) is 13.0. The summed E-state index contributed by atoms with van der Waals surface area (Å²) in [5.41, 5.74) is 9.35. The second kappa shape index (κ2) is 6.50. The molecular weight excluding hydrogens is 280 g/mol. The van der Waals surface area contributed by atoms with Crippen LogP contribution >= 0.6 is 12.2 Å². The van der Waals surface area contributed by atoms with E-state index >= 15 is 0 Å². The van der Waals surface area contributed by atoms with Gasteiger partial charge in [-0.3, -0.25) is 4.79 Å². The van der Waals surface area contributed by atoms with Crippen LogP contribution in [0.25, 0.3) is 0 Å². The molecule has 0 saturated carbocycles. The molecule has 108 valence electrons. The van der Waals surface area contributed by atoms with Crippen LogP contribution in [0.1, 0.15) is 16.7 Å². The number of carbonyl (C=O) groups excluding carboxylic acids is 1. The van der Waals surface area contributed by atoms with E-state index in [1.807, 2.05) is 55.5 Å². The van der Waals surface area contributed by atoms with Crippen molar-refractivity contribution in [2.24, 2.45) is 5.73 Å². The van der Waals surface area contributed by atoms with Gasteiger partial charge in [-0.2, -0.15) is 0 Å². The third-order valence-electron chi connectivity index (χ3n) is 3.50. The minimum absolute atomic E-state index is 0.0318. The van der Waals surface area contributed by atoms with E-state index in [1.165, 1.54) is 0 Å². The molecule has 0 aliphatic rings. The number of carbonyl (C=O) groups is 1. The van der Waals surface area contributed by atoms with Gasteiger partial charge >= 0.3 is 0 Å². The standard InChI is InChI=1S/C17H18N2OS/c1-12-6-3-4-7-13(12)11-16(20)19(2)15-9-5-8-14(10-15)17(18)21/h3-10H,11H2,1-2H3,(H2,18,21).